The van der Waals surface area contributed by atoms with Gasteiger partial charge < -0.3 is 10.6 Å². The van der Waals surface area contributed by atoms with Gasteiger partial charge in [-0.05, 0) is 32.2 Å². The van der Waals surface area contributed by atoms with Gasteiger partial charge in [0, 0.05) is 29.9 Å². The Balaban J connectivity index is 1.87. The Morgan fingerprint density at radius 1 is 1.50 bits per heavy atom. The number of carbonyl (C=O) groups excluding carboxylic acids is 1. The first-order chi connectivity index (χ1) is 9.58. The lowest BCUT2D eigenvalue weighted by molar-refractivity contribution is -0.121. The van der Waals surface area contributed by atoms with Gasteiger partial charge in [-0.25, -0.2) is 4.98 Å². The number of hydrogen-bond donors (Lipinski definition) is 2. The van der Waals surface area contributed by atoms with Crippen LogP contribution in [0.3, 0.4) is 0 Å². The maximum atomic E-state index is 11.7. The van der Waals surface area contributed by atoms with Crippen LogP contribution in [0.5, 0.6) is 0 Å². The predicted molar refractivity (Wildman–Crippen MR) is 87.2 cm³/mol. The third kappa shape index (κ3) is 4.26. The minimum absolute atomic E-state index is 0.0764. The van der Waals surface area contributed by atoms with Crippen molar-refractivity contribution in [1.29, 1.82) is 0 Å². The number of nitrogens with zero attached hydrogens (tertiary/aromatic N) is 1. The molecule has 2 N–H and O–H groups in total. The summed E-state index contributed by atoms with van der Waals surface area (Å²) >= 11 is 5.09. The third-order valence-electron chi connectivity index (χ3n) is 3.06. The van der Waals surface area contributed by atoms with Crippen LogP contribution in [0.25, 0.3) is 10.2 Å². The summed E-state index contributed by atoms with van der Waals surface area (Å²) in [6, 6.07) is 6.36. The molecule has 1 heterocycles. The van der Waals surface area contributed by atoms with Crippen molar-refractivity contribution in [3.05, 3.63) is 27.7 Å². The lowest BCUT2D eigenvalue weighted by Gasteiger charge is -2.10. The number of halogens is 1. The van der Waals surface area contributed by atoms with E-state index in [9.17, 15) is 4.79 Å². The Hall–Kier alpha value is -0.980. The fraction of sp³-hybridized carbons (Fsp3) is 0.429. The third-order valence-corrected chi connectivity index (χ3v) is 4.65. The predicted octanol–water partition coefficient (Wildman–Crippen LogP) is 2.72. The molecule has 108 valence electrons. The first kappa shape index (κ1) is 15.4. The average molecular weight is 356 g/mol. The number of benzene rings is 1. The molecule has 0 radical (unpaired) electrons. The van der Waals surface area contributed by atoms with Gasteiger partial charge in [0.25, 0.3) is 0 Å². The average Bonchev–Trinajstić information content (AvgIpc) is 2.84. The fourth-order valence-corrected chi connectivity index (χ4v) is 3.03. The Morgan fingerprint density at radius 2 is 2.30 bits per heavy atom. The van der Waals surface area contributed by atoms with E-state index in [1.165, 1.54) is 0 Å². The van der Waals surface area contributed by atoms with Gasteiger partial charge in [-0.15, -0.1) is 11.3 Å². The Kier molecular flexibility index (Phi) is 5.51. The van der Waals surface area contributed by atoms with Crippen molar-refractivity contribution in [2.24, 2.45) is 0 Å². The van der Waals surface area contributed by atoms with Gasteiger partial charge in [-0.2, -0.15) is 0 Å². The summed E-state index contributed by atoms with van der Waals surface area (Å²) in [5, 5.41) is 7.01. The zero-order chi connectivity index (χ0) is 14.5. The van der Waals surface area contributed by atoms with Gasteiger partial charge in [-0.1, -0.05) is 15.9 Å². The molecule has 2 aromatic rings. The summed E-state index contributed by atoms with van der Waals surface area (Å²) < 4.78 is 2.19. The Morgan fingerprint density at radius 3 is 3.05 bits per heavy atom. The maximum Gasteiger partial charge on any atom is 0.220 e. The molecule has 0 spiro atoms. The van der Waals surface area contributed by atoms with E-state index < -0.39 is 0 Å². The monoisotopic (exact) mass is 355 g/mol. The second-order valence-corrected chi connectivity index (χ2v) is 6.74. The summed E-state index contributed by atoms with van der Waals surface area (Å²) in [6.07, 6.45) is 1.17. The zero-order valence-corrected chi connectivity index (χ0v) is 14.0. The highest BCUT2D eigenvalue weighted by Crippen LogP contribution is 2.25. The SMILES string of the molecule is CNC(C)CNC(=O)CCc1nc2cc(Br)ccc2s1. The topological polar surface area (TPSA) is 54.0 Å². The molecule has 6 heteroatoms. The minimum Gasteiger partial charge on any atom is -0.355 e. The lowest BCUT2D eigenvalue weighted by Crippen LogP contribution is -2.37. The van der Waals surface area contributed by atoms with E-state index in [-0.39, 0.29) is 5.91 Å². The van der Waals surface area contributed by atoms with E-state index in [0.717, 1.165) is 19.7 Å². The fourth-order valence-electron chi connectivity index (χ4n) is 1.73. The molecule has 1 atom stereocenters. The van der Waals surface area contributed by atoms with Crippen LogP contribution in [-0.2, 0) is 11.2 Å². The molecule has 1 unspecified atom stereocenters. The van der Waals surface area contributed by atoms with Crippen LogP contribution in [-0.4, -0.2) is 30.5 Å². The molecule has 0 saturated heterocycles. The number of nitrogens with one attached hydrogen (secondary N) is 2. The van der Waals surface area contributed by atoms with Crippen molar-refractivity contribution in [2.45, 2.75) is 25.8 Å². The quantitative estimate of drug-likeness (QED) is 0.837. The van der Waals surface area contributed by atoms with Crippen molar-refractivity contribution < 1.29 is 4.79 Å². The summed E-state index contributed by atoms with van der Waals surface area (Å²) in [4.78, 5) is 16.3. The molecule has 1 aromatic heterocycles. The van der Waals surface area contributed by atoms with Crippen molar-refractivity contribution in [3.63, 3.8) is 0 Å². The highest BCUT2D eigenvalue weighted by atomic mass is 79.9. The largest absolute Gasteiger partial charge is 0.355 e. The second-order valence-electron chi connectivity index (χ2n) is 4.71. The number of thiazole rings is 1. The molecule has 0 aliphatic carbocycles. The van der Waals surface area contributed by atoms with Crippen LogP contribution < -0.4 is 10.6 Å². The Labute approximate surface area is 131 Å². The summed E-state index contributed by atoms with van der Waals surface area (Å²) in [5.74, 6) is 0.0764. The van der Waals surface area contributed by atoms with E-state index in [0.29, 0.717) is 25.4 Å². The molecular weight excluding hydrogens is 338 g/mol. The molecular formula is C14H18BrN3OS. The molecule has 20 heavy (non-hydrogen) atoms. The first-order valence-corrected chi connectivity index (χ1v) is 8.18. The number of rotatable bonds is 6. The summed E-state index contributed by atoms with van der Waals surface area (Å²) in [5.41, 5.74) is 0.989. The van der Waals surface area contributed by atoms with Crippen molar-refractivity contribution in [3.8, 4) is 0 Å². The number of aryl methyl sites for hydroxylation is 1. The molecule has 0 fully saturated rings. The molecule has 1 amide bonds. The van der Waals surface area contributed by atoms with Gasteiger partial charge in [0.15, 0.2) is 0 Å². The van der Waals surface area contributed by atoms with E-state index in [2.05, 4.69) is 37.6 Å². The van der Waals surface area contributed by atoms with Crippen LogP contribution in [0.1, 0.15) is 18.4 Å². The highest BCUT2D eigenvalue weighted by molar-refractivity contribution is 9.10. The van der Waals surface area contributed by atoms with Crippen molar-refractivity contribution in [1.82, 2.24) is 15.6 Å². The molecule has 4 nitrogen and oxygen atoms in total. The van der Waals surface area contributed by atoms with Crippen LogP contribution >= 0.6 is 27.3 Å². The van der Waals surface area contributed by atoms with Crippen LogP contribution in [0.4, 0.5) is 0 Å². The summed E-state index contributed by atoms with van der Waals surface area (Å²) in [6.45, 7) is 2.69. The number of likely N-dealkylation sites (N-methyl/N-ethyl adjacent to an activating group) is 1. The first-order valence-electron chi connectivity index (χ1n) is 6.57. The van der Waals surface area contributed by atoms with Gasteiger partial charge >= 0.3 is 0 Å². The van der Waals surface area contributed by atoms with Crippen LogP contribution in [0, 0.1) is 0 Å². The van der Waals surface area contributed by atoms with Gasteiger partial charge in [0.1, 0.15) is 0 Å². The van der Waals surface area contributed by atoms with Crippen LogP contribution in [0.2, 0.25) is 0 Å². The standard InChI is InChI=1S/C14H18BrN3OS/c1-9(16-2)8-17-13(19)5-6-14-18-11-7-10(15)3-4-12(11)20-14/h3-4,7,9,16H,5-6,8H2,1-2H3,(H,17,19). The highest BCUT2D eigenvalue weighted by Gasteiger charge is 2.08. The molecule has 0 saturated carbocycles. The van der Waals surface area contributed by atoms with Gasteiger partial charge in [-0.3, -0.25) is 4.79 Å². The second kappa shape index (κ2) is 7.15. The van der Waals surface area contributed by atoms with E-state index in [1.54, 1.807) is 11.3 Å². The number of aromatic nitrogens is 1. The normalized spacial score (nSPS) is 12.6. The number of carbonyl (C=O) groups is 1. The number of amides is 1. The smallest absolute Gasteiger partial charge is 0.220 e. The van der Waals surface area contributed by atoms with E-state index in [1.807, 2.05) is 26.1 Å². The van der Waals surface area contributed by atoms with Gasteiger partial charge in [0.2, 0.25) is 5.91 Å². The zero-order valence-electron chi connectivity index (χ0n) is 11.6. The molecule has 1 aromatic carbocycles. The number of hydrogen-bond acceptors (Lipinski definition) is 4. The van der Waals surface area contributed by atoms with E-state index in [4.69, 9.17) is 0 Å². The lowest BCUT2D eigenvalue weighted by atomic mass is 10.3. The molecule has 2 rings (SSSR count). The Bertz CT molecular complexity index is 599. The number of fused-ring (bicyclic) bond motifs is 1. The van der Waals surface area contributed by atoms with Crippen molar-refractivity contribution in [2.75, 3.05) is 13.6 Å². The van der Waals surface area contributed by atoms with Crippen molar-refractivity contribution >= 4 is 43.4 Å². The molecule has 0 bridgehead atoms. The van der Waals surface area contributed by atoms with Gasteiger partial charge in [0.05, 0.1) is 15.2 Å². The van der Waals surface area contributed by atoms with Crippen LogP contribution in [0.15, 0.2) is 22.7 Å². The molecule has 0 aliphatic rings. The minimum atomic E-state index is 0.0764. The maximum absolute atomic E-state index is 11.7. The molecule has 0 aliphatic heterocycles. The van der Waals surface area contributed by atoms with E-state index >= 15 is 0 Å². The summed E-state index contributed by atoms with van der Waals surface area (Å²) in [7, 11) is 1.88.